The molecule has 0 atom stereocenters. The van der Waals surface area contributed by atoms with Crippen molar-refractivity contribution in [2.24, 2.45) is 0 Å². The van der Waals surface area contributed by atoms with Crippen molar-refractivity contribution in [3.8, 4) is 5.75 Å². The zero-order valence-corrected chi connectivity index (χ0v) is 15.3. The summed E-state index contributed by atoms with van der Waals surface area (Å²) in [6.07, 6.45) is 6.17. The van der Waals surface area contributed by atoms with Gasteiger partial charge in [-0.1, -0.05) is 38.0 Å². The summed E-state index contributed by atoms with van der Waals surface area (Å²) in [5, 5.41) is 0. The van der Waals surface area contributed by atoms with Gasteiger partial charge in [0.05, 0.1) is 19.1 Å². The number of methoxy groups -OCH3 is 1. The molecule has 4 nitrogen and oxygen atoms in total. The van der Waals surface area contributed by atoms with E-state index in [0.717, 1.165) is 55.5 Å². The molecule has 2 fully saturated rings. The molecule has 1 saturated carbocycles. The molecule has 2 aliphatic rings. The first-order chi connectivity index (χ1) is 12.2. The average Bonchev–Trinajstić information content (AvgIpc) is 2.64. The third-order valence-corrected chi connectivity index (χ3v) is 5.48. The fourth-order valence-electron chi connectivity index (χ4n) is 4.14. The minimum absolute atomic E-state index is 0.264. The van der Waals surface area contributed by atoms with Crippen LogP contribution in [0, 0.1) is 0 Å². The lowest BCUT2D eigenvalue weighted by molar-refractivity contribution is -0.139. The smallest absolute Gasteiger partial charge is 0.233 e. The third kappa shape index (κ3) is 3.90. The van der Waals surface area contributed by atoms with Crippen molar-refractivity contribution in [3.05, 3.63) is 42.0 Å². The van der Waals surface area contributed by atoms with E-state index >= 15 is 0 Å². The molecule has 0 bridgehead atoms. The number of hydrogen-bond acceptors (Lipinski definition) is 3. The molecular weight excluding hydrogens is 314 g/mol. The predicted molar refractivity (Wildman–Crippen MR) is 98.9 cm³/mol. The van der Waals surface area contributed by atoms with Crippen molar-refractivity contribution in [1.82, 2.24) is 4.90 Å². The molecule has 0 N–H and O–H groups in total. The predicted octanol–water partition coefficient (Wildman–Crippen LogP) is 3.70. The largest absolute Gasteiger partial charge is 0.497 e. The van der Waals surface area contributed by atoms with Crippen LogP contribution in [-0.4, -0.2) is 44.2 Å². The first kappa shape index (κ1) is 18.0. The van der Waals surface area contributed by atoms with Gasteiger partial charge in [0.1, 0.15) is 5.75 Å². The van der Waals surface area contributed by atoms with E-state index < -0.39 is 5.41 Å². The molecular formula is C21H29NO3. The van der Waals surface area contributed by atoms with E-state index in [1.165, 1.54) is 6.42 Å². The van der Waals surface area contributed by atoms with Gasteiger partial charge in [0.2, 0.25) is 5.91 Å². The fourth-order valence-corrected chi connectivity index (χ4v) is 4.14. The van der Waals surface area contributed by atoms with Gasteiger partial charge in [0, 0.05) is 19.7 Å². The van der Waals surface area contributed by atoms with E-state index in [9.17, 15) is 4.79 Å². The molecule has 1 aromatic rings. The number of nitrogens with zero attached hydrogens (tertiary/aromatic N) is 1. The summed E-state index contributed by atoms with van der Waals surface area (Å²) < 4.78 is 10.8. The van der Waals surface area contributed by atoms with E-state index in [0.29, 0.717) is 19.8 Å². The highest BCUT2D eigenvalue weighted by Gasteiger charge is 2.43. The fraction of sp³-hybridized carbons (Fsp3) is 0.571. The molecule has 0 spiro atoms. The van der Waals surface area contributed by atoms with Crippen LogP contribution >= 0.6 is 0 Å². The highest BCUT2D eigenvalue weighted by atomic mass is 16.5. The summed E-state index contributed by atoms with van der Waals surface area (Å²) in [6, 6.07) is 8.09. The average molecular weight is 343 g/mol. The summed E-state index contributed by atoms with van der Waals surface area (Å²) in [4.78, 5) is 15.7. The highest BCUT2D eigenvalue weighted by Crippen LogP contribution is 2.41. The third-order valence-electron chi connectivity index (χ3n) is 5.48. The molecule has 0 unspecified atom stereocenters. The molecule has 1 aliphatic carbocycles. The van der Waals surface area contributed by atoms with Gasteiger partial charge in [-0.15, -0.1) is 0 Å². The molecule has 4 heteroatoms. The zero-order valence-electron chi connectivity index (χ0n) is 15.3. The van der Waals surface area contributed by atoms with Crippen LogP contribution in [0.5, 0.6) is 5.75 Å². The molecule has 0 aromatic heterocycles. The number of carbonyl (C=O) groups is 1. The van der Waals surface area contributed by atoms with Gasteiger partial charge < -0.3 is 14.4 Å². The minimum atomic E-state index is -0.398. The second-order valence-corrected chi connectivity index (χ2v) is 7.25. The number of amides is 1. The molecule has 0 radical (unpaired) electrons. The molecule has 136 valence electrons. The number of rotatable bonds is 3. The van der Waals surface area contributed by atoms with E-state index in [2.05, 4.69) is 18.7 Å². The Labute approximate surface area is 150 Å². The lowest BCUT2D eigenvalue weighted by Gasteiger charge is -2.41. The van der Waals surface area contributed by atoms with E-state index in [4.69, 9.17) is 9.47 Å². The molecule has 1 amide bonds. The topological polar surface area (TPSA) is 38.8 Å². The van der Waals surface area contributed by atoms with Gasteiger partial charge >= 0.3 is 0 Å². The van der Waals surface area contributed by atoms with Crippen LogP contribution in [0.25, 0.3) is 0 Å². The Morgan fingerprint density at radius 1 is 1.16 bits per heavy atom. The minimum Gasteiger partial charge on any atom is -0.497 e. The number of hydrogen-bond donors (Lipinski definition) is 0. The monoisotopic (exact) mass is 343 g/mol. The van der Waals surface area contributed by atoms with E-state index in [-0.39, 0.29) is 5.91 Å². The Kier molecular flexibility index (Phi) is 5.79. The van der Waals surface area contributed by atoms with Crippen molar-refractivity contribution in [2.75, 3.05) is 33.4 Å². The lowest BCUT2D eigenvalue weighted by atomic mass is 9.68. The summed E-state index contributed by atoms with van der Waals surface area (Å²) in [7, 11) is 1.67. The van der Waals surface area contributed by atoms with Crippen LogP contribution in [-0.2, 0) is 14.9 Å². The van der Waals surface area contributed by atoms with Crippen LogP contribution in [0.4, 0.5) is 0 Å². The maximum Gasteiger partial charge on any atom is 0.233 e. The molecule has 3 rings (SSSR count). The van der Waals surface area contributed by atoms with Crippen LogP contribution in [0.15, 0.2) is 36.4 Å². The number of ether oxygens (including phenoxy) is 2. The SMILES string of the molecule is C=C1COCCCN(C(=O)C2(c3ccc(OC)cc3)CCCCC2)C1. The Morgan fingerprint density at radius 2 is 1.88 bits per heavy atom. The lowest BCUT2D eigenvalue weighted by Crippen LogP contribution is -2.49. The molecule has 1 aromatic carbocycles. The van der Waals surface area contributed by atoms with Gasteiger partial charge in [0.25, 0.3) is 0 Å². The van der Waals surface area contributed by atoms with Crippen molar-refractivity contribution in [3.63, 3.8) is 0 Å². The Hall–Kier alpha value is -1.81. The van der Waals surface area contributed by atoms with Gasteiger partial charge in [-0.2, -0.15) is 0 Å². The standard InChI is InChI=1S/C21H29NO3/c1-17-15-22(13-6-14-25-16-17)20(23)21(11-4-3-5-12-21)18-7-9-19(24-2)10-8-18/h7-10H,1,3-6,11-16H2,2H3. The highest BCUT2D eigenvalue weighted by molar-refractivity contribution is 5.88. The van der Waals surface area contributed by atoms with Crippen molar-refractivity contribution >= 4 is 5.91 Å². The number of benzene rings is 1. The summed E-state index contributed by atoms with van der Waals surface area (Å²) in [5.41, 5.74) is 1.71. The Morgan fingerprint density at radius 3 is 2.56 bits per heavy atom. The van der Waals surface area contributed by atoms with Gasteiger partial charge in [-0.05, 0) is 42.5 Å². The van der Waals surface area contributed by atoms with Crippen LogP contribution < -0.4 is 4.74 Å². The van der Waals surface area contributed by atoms with Crippen molar-refractivity contribution in [2.45, 2.75) is 43.9 Å². The van der Waals surface area contributed by atoms with Crippen LogP contribution in [0.2, 0.25) is 0 Å². The van der Waals surface area contributed by atoms with Crippen molar-refractivity contribution < 1.29 is 14.3 Å². The first-order valence-electron chi connectivity index (χ1n) is 9.34. The second-order valence-electron chi connectivity index (χ2n) is 7.25. The van der Waals surface area contributed by atoms with Crippen molar-refractivity contribution in [1.29, 1.82) is 0 Å². The first-order valence-corrected chi connectivity index (χ1v) is 9.34. The Bertz CT molecular complexity index is 602. The quantitative estimate of drug-likeness (QED) is 0.786. The van der Waals surface area contributed by atoms with E-state index in [1.54, 1.807) is 7.11 Å². The van der Waals surface area contributed by atoms with E-state index in [1.807, 2.05) is 17.0 Å². The van der Waals surface area contributed by atoms with Crippen LogP contribution in [0.1, 0.15) is 44.1 Å². The zero-order chi connectivity index (χ0) is 17.7. The Balaban J connectivity index is 1.90. The normalized spacial score (nSPS) is 21.3. The summed E-state index contributed by atoms with van der Waals surface area (Å²) in [5.74, 6) is 1.10. The molecule has 1 heterocycles. The number of carbonyl (C=O) groups excluding carboxylic acids is 1. The van der Waals surface area contributed by atoms with Gasteiger partial charge in [-0.3, -0.25) is 4.79 Å². The molecule has 25 heavy (non-hydrogen) atoms. The maximum atomic E-state index is 13.7. The summed E-state index contributed by atoms with van der Waals surface area (Å²) in [6.45, 7) is 6.68. The van der Waals surface area contributed by atoms with Gasteiger partial charge in [-0.25, -0.2) is 0 Å². The second kappa shape index (κ2) is 8.05. The van der Waals surface area contributed by atoms with Gasteiger partial charge in [0.15, 0.2) is 0 Å². The molecule has 1 aliphatic heterocycles. The van der Waals surface area contributed by atoms with Crippen LogP contribution in [0.3, 0.4) is 0 Å². The maximum absolute atomic E-state index is 13.7. The summed E-state index contributed by atoms with van der Waals surface area (Å²) >= 11 is 0. The molecule has 1 saturated heterocycles.